The predicted molar refractivity (Wildman–Crippen MR) is 115 cm³/mol. The molecule has 2 aromatic rings. The number of hydrogen-bond acceptors (Lipinski definition) is 3. The predicted octanol–water partition coefficient (Wildman–Crippen LogP) is 3.66. The van der Waals surface area contributed by atoms with Crippen molar-refractivity contribution in [2.75, 3.05) is 24.5 Å². The first kappa shape index (κ1) is 24.2. The molecule has 0 radical (unpaired) electrons. The third-order valence-electron chi connectivity index (χ3n) is 4.26. The number of amides is 1. The van der Waals surface area contributed by atoms with E-state index in [2.05, 4.69) is 48.3 Å². The van der Waals surface area contributed by atoms with Crippen LogP contribution in [-0.4, -0.2) is 25.5 Å². The van der Waals surface area contributed by atoms with Crippen LogP contribution in [0.25, 0.3) is 0 Å². The van der Waals surface area contributed by atoms with Crippen molar-refractivity contribution in [3.05, 3.63) is 65.7 Å². The maximum atomic E-state index is 12.5. The number of carbonyl (C=O) groups is 1. The number of nitrogens with one attached hydrogen (secondary N) is 1. The number of carbonyl (C=O) groups excluding carboxylic acids is 1. The lowest BCUT2D eigenvalue weighted by Crippen LogP contribution is -2.50. The van der Waals surface area contributed by atoms with Crippen LogP contribution >= 0.6 is 24.8 Å². The minimum Gasteiger partial charge on any atom is -0.370 e. The lowest BCUT2D eigenvalue weighted by molar-refractivity contribution is -0.126. The first-order chi connectivity index (χ1) is 11.4. The van der Waals surface area contributed by atoms with Crippen LogP contribution in [0.3, 0.4) is 0 Å². The van der Waals surface area contributed by atoms with Crippen LogP contribution in [0.2, 0.25) is 0 Å². The Kier molecular flexibility index (Phi) is 10.3. The summed E-state index contributed by atoms with van der Waals surface area (Å²) in [6.45, 7) is 8.13. The van der Waals surface area contributed by atoms with E-state index in [1.165, 1.54) is 11.3 Å². The van der Waals surface area contributed by atoms with Crippen molar-refractivity contribution in [3.63, 3.8) is 0 Å². The van der Waals surface area contributed by atoms with E-state index >= 15 is 0 Å². The van der Waals surface area contributed by atoms with E-state index in [1.807, 2.05) is 30.3 Å². The Morgan fingerprint density at radius 1 is 1.12 bits per heavy atom. The van der Waals surface area contributed by atoms with Gasteiger partial charge in [0.1, 0.15) is 5.54 Å². The second-order valence-electron chi connectivity index (χ2n) is 6.24. The molecule has 4 nitrogen and oxygen atoms in total. The molecule has 0 fully saturated rings. The molecule has 1 amide bonds. The molecule has 0 heterocycles. The molecule has 6 heteroatoms. The van der Waals surface area contributed by atoms with Gasteiger partial charge in [-0.3, -0.25) is 4.79 Å². The average Bonchev–Trinajstić information content (AvgIpc) is 2.59. The molecule has 0 saturated heterocycles. The van der Waals surface area contributed by atoms with E-state index in [9.17, 15) is 4.79 Å². The van der Waals surface area contributed by atoms with Crippen molar-refractivity contribution in [3.8, 4) is 0 Å². The molecule has 2 rings (SSSR count). The van der Waals surface area contributed by atoms with Gasteiger partial charge in [-0.25, -0.2) is 0 Å². The van der Waals surface area contributed by atoms with E-state index in [1.54, 1.807) is 6.92 Å². The van der Waals surface area contributed by atoms with Gasteiger partial charge in [-0.05, 0) is 44.0 Å². The number of nitrogens with two attached hydrogens (primary N) is 1. The number of nitrogens with zero attached hydrogens (tertiary/aromatic N) is 1. The molecule has 0 aliphatic rings. The standard InChI is InChI=1S/C20H27N3O.2ClH/c1-4-23(18-12-8-9-16(2)15-18)14-13-22-19(24)20(3,21)17-10-6-5-7-11-17;;/h5-12,15H,4,13-14,21H2,1-3H3,(H,22,24);2*1H. The van der Waals surface area contributed by atoms with E-state index in [-0.39, 0.29) is 30.7 Å². The van der Waals surface area contributed by atoms with E-state index in [0.717, 1.165) is 18.7 Å². The Bertz CT molecular complexity index is 678. The largest absolute Gasteiger partial charge is 0.370 e. The molecule has 0 aliphatic heterocycles. The highest BCUT2D eigenvalue weighted by molar-refractivity contribution is 5.87. The summed E-state index contributed by atoms with van der Waals surface area (Å²) in [6.07, 6.45) is 0. The van der Waals surface area contributed by atoms with Crippen molar-refractivity contribution >= 4 is 36.4 Å². The normalized spacial score (nSPS) is 12.2. The molecular formula is C20H29Cl2N3O. The van der Waals surface area contributed by atoms with Crippen molar-refractivity contribution in [1.82, 2.24) is 5.32 Å². The van der Waals surface area contributed by atoms with Gasteiger partial charge in [0, 0.05) is 25.3 Å². The summed E-state index contributed by atoms with van der Waals surface area (Å²) in [5.41, 5.74) is 8.43. The molecule has 0 spiro atoms. The highest BCUT2D eigenvalue weighted by Crippen LogP contribution is 2.18. The van der Waals surface area contributed by atoms with Crippen LogP contribution < -0.4 is 16.0 Å². The zero-order valence-corrected chi connectivity index (χ0v) is 17.2. The molecule has 3 N–H and O–H groups in total. The van der Waals surface area contributed by atoms with Crippen molar-refractivity contribution in [2.24, 2.45) is 5.73 Å². The van der Waals surface area contributed by atoms with Gasteiger partial charge in [0.2, 0.25) is 5.91 Å². The fourth-order valence-corrected chi connectivity index (χ4v) is 2.70. The Labute approximate surface area is 169 Å². The second kappa shape index (κ2) is 11.1. The van der Waals surface area contributed by atoms with Gasteiger partial charge in [-0.1, -0.05) is 42.5 Å². The molecule has 2 aromatic carbocycles. The molecule has 0 aromatic heterocycles. The van der Waals surface area contributed by atoms with E-state index < -0.39 is 5.54 Å². The van der Waals surface area contributed by atoms with E-state index in [4.69, 9.17) is 5.73 Å². The van der Waals surface area contributed by atoms with Gasteiger partial charge in [0.05, 0.1) is 0 Å². The SMILES string of the molecule is CCN(CCNC(=O)C(C)(N)c1ccccc1)c1cccc(C)c1.Cl.Cl. The number of aryl methyl sites for hydroxylation is 1. The minimum atomic E-state index is -1.03. The van der Waals surface area contributed by atoms with Crippen LogP contribution in [0.15, 0.2) is 54.6 Å². The maximum Gasteiger partial charge on any atom is 0.244 e. The van der Waals surface area contributed by atoms with Crippen molar-refractivity contribution < 1.29 is 4.79 Å². The lowest BCUT2D eigenvalue weighted by Gasteiger charge is -2.27. The van der Waals surface area contributed by atoms with Crippen LogP contribution in [0, 0.1) is 6.92 Å². The molecule has 26 heavy (non-hydrogen) atoms. The molecule has 0 bridgehead atoms. The van der Waals surface area contributed by atoms with Crippen LogP contribution in [0.1, 0.15) is 25.0 Å². The summed E-state index contributed by atoms with van der Waals surface area (Å²) in [5.74, 6) is -0.158. The first-order valence-electron chi connectivity index (χ1n) is 8.39. The smallest absolute Gasteiger partial charge is 0.244 e. The molecule has 1 atom stereocenters. The van der Waals surface area contributed by atoms with Crippen LogP contribution in [0.5, 0.6) is 0 Å². The number of halogens is 2. The molecule has 144 valence electrons. The zero-order chi connectivity index (χ0) is 17.6. The topological polar surface area (TPSA) is 58.4 Å². The molecular weight excluding hydrogens is 369 g/mol. The summed E-state index contributed by atoms with van der Waals surface area (Å²) in [4.78, 5) is 14.7. The Balaban J connectivity index is 0.00000312. The number of rotatable bonds is 7. The average molecular weight is 398 g/mol. The third kappa shape index (κ3) is 6.20. The number of benzene rings is 2. The van der Waals surface area contributed by atoms with Gasteiger partial charge in [0.25, 0.3) is 0 Å². The van der Waals surface area contributed by atoms with Gasteiger partial charge in [-0.2, -0.15) is 0 Å². The Hall–Kier alpha value is -1.75. The highest BCUT2D eigenvalue weighted by Gasteiger charge is 2.29. The summed E-state index contributed by atoms with van der Waals surface area (Å²) in [7, 11) is 0. The van der Waals surface area contributed by atoms with Gasteiger partial charge in [0.15, 0.2) is 0 Å². The lowest BCUT2D eigenvalue weighted by atomic mass is 9.92. The number of hydrogen-bond donors (Lipinski definition) is 2. The van der Waals surface area contributed by atoms with Crippen LogP contribution in [-0.2, 0) is 10.3 Å². The number of likely N-dealkylation sites (N-methyl/N-ethyl adjacent to an activating group) is 1. The summed E-state index contributed by atoms with van der Waals surface area (Å²) < 4.78 is 0. The monoisotopic (exact) mass is 397 g/mol. The fraction of sp³-hybridized carbons (Fsp3) is 0.350. The van der Waals surface area contributed by atoms with E-state index in [0.29, 0.717) is 6.54 Å². The Morgan fingerprint density at radius 2 is 1.77 bits per heavy atom. The van der Waals surface area contributed by atoms with Gasteiger partial charge >= 0.3 is 0 Å². The summed E-state index contributed by atoms with van der Waals surface area (Å²) >= 11 is 0. The zero-order valence-electron chi connectivity index (χ0n) is 15.6. The minimum absolute atomic E-state index is 0. The van der Waals surface area contributed by atoms with Gasteiger partial charge in [-0.15, -0.1) is 24.8 Å². The van der Waals surface area contributed by atoms with Gasteiger partial charge < -0.3 is 16.0 Å². The molecule has 0 aliphatic carbocycles. The van der Waals surface area contributed by atoms with Crippen molar-refractivity contribution in [2.45, 2.75) is 26.3 Å². The maximum absolute atomic E-state index is 12.5. The third-order valence-corrected chi connectivity index (χ3v) is 4.26. The number of anilines is 1. The molecule has 1 unspecified atom stereocenters. The second-order valence-corrected chi connectivity index (χ2v) is 6.24. The summed E-state index contributed by atoms with van der Waals surface area (Å²) in [6, 6.07) is 17.8. The van der Waals surface area contributed by atoms with Crippen LogP contribution in [0.4, 0.5) is 5.69 Å². The highest BCUT2D eigenvalue weighted by atomic mass is 35.5. The fourth-order valence-electron chi connectivity index (χ4n) is 2.70. The molecule has 0 saturated carbocycles. The first-order valence-corrected chi connectivity index (χ1v) is 8.39. The van der Waals surface area contributed by atoms with Crippen molar-refractivity contribution in [1.29, 1.82) is 0 Å². The summed E-state index contributed by atoms with van der Waals surface area (Å²) in [5, 5.41) is 2.96. The quantitative estimate of drug-likeness (QED) is 0.749. The Morgan fingerprint density at radius 3 is 2.35 bits per heavy atom.